The molecule has 0 fully saturated rings. The van der Waals surface area contributed by atoms with Gasteiger partial charge in [0.15, 0.2) is 11.5 Å². The van der Waals surface area contributed by atoms with Crippen LogP contribution in [-0.4, -0.2) is 28.5 Å². The van der Waals surface area contributed by atoms with Crippen molar-refractivity contribution in [2.45, 2.75) is 19.9 Å². The zero-order chi connectivity index (χ0) is 19.1. The molecule has 0 saturated heterocycles. The molecule has 138 valence electrons. The van der Waals surface area contributed by atoms with Crippen LogP contribution in [-0.2, 0) is 11.3 Å². The lowest BCUT2D eigenvalue weighted by Gasteiger charge is -2.05. The van der Waals surface area contributed by atoms with Crippen LogP contribution in [0.25, 0.3) is 11.3 Å². The Balaban J connectivity index is 1.44. The number of carbonyl (C=O) groups excluding carboxylic acids is 2. The van der Waals surface area contributed by atoms with Crippen molar-refractivity contribution in [1.82, 2.24) is 20.8 Å². The highest BCUT2D eigenvalue weighted by Crippen LogP contribution is 2.20. The van der Waals surface area contributed by atoms with E-state index in [0.717, 1.165) is 16.7 Å². The normalized spacial score (nSPS) is 10.4. The first-order chi connectivity index (χ1) is 13.1. The number of nitrogens with one attached hydrogen (secondary N) is 2. The van der Waals surface area contributed by atoms with Gasteiger partial charge in [-0.3, -0.25) is 14.6 Å². The number of pyridine rings is 1. The molecule has 2 aromatic heterocycles. The summed E-state index contributed by atoms with van der Waals surface area (Å²) in [5.74, 6) is -0.00816. The number of amides is 2. The zero-order valence-corrected chi connectivity index (χ0v) is 14.9. The van der Waals surface area contributed by atoms with Crippen molar-refractivity contribution in [3.8, 4) is 11.3 Å². The van der Waals surface area contributed by atoms with Gasteiger partial charge in [-0.15, -0.1) is 0 Å². The highest BCUT2D eigenvalue weighted by atomic mass is 16.5. The van der Waals surface area contributed by atoms with Crippen LogP contribution in [0.15, 0.2) is 59.4 Å². The van der Waals surface area contributed by atoms with Gasteiger partial charge >= 0.3 is 0 Å². The van der Waals surface area contributed by atoms with Crippen LogP contribution in [0.4, 0.5) is 0 Å². The first-order valence-corrected chi connectivity index (χ1v) is 8.59. The molecule has 3 aromatic rings. The van der Waals surface area contributed by atoms with Crippen LogP contribution in [0, 0.1) is 6.92 Å². The van der Waals surface area contributed by atoms with E-state index in [1.165, 1.54) is 0 Å². The van der Waals surface area contributed by atoms with Gasteiger partial charge in [0.2, 0.25) is 5.91 Å². The number of aryl methyl sites for hydroxylation is 1. The molecule has 2 amide bonds. The van der Waals surface area contributed by atoms with E-state index in [4.69, 9.17) is 4.52 Å². The highest BCUT2D eigenvalue weighted by Gasteiger charge is 2.13. The molecular formula is C20H20N4O3. The van der Waals surface area contributed by atoms with Gasteiger partial charge in [0.1, 0.15) is 0 Å². The smallest absolute Gasteiger partial charge is 0.273 e. The number of hydrogen-bond acceptors (Lipinski definition) is 5. The summed E-state index contributed by atoms with van der Waals surface area (Å²) in [6.07, 6.45) is 3.54. The van der Waals surface area contributed by atoms with Crippen LogP contribution in [0.3, 0.4) is 0 Å². The molecular weight excluding hydrogens is 344 g/mol. The lowest BCUT2D eigenvalue weighted by Crippen LogP contribution is -2.30. The van der Waals surface area contributed by atoms with E-state index in [2.05, 4.69) is 20.8 Å². The van der Waals surface area contributed by atoms with E-state index < -0.39 is 0 Å². The summed E-state index contributed by atoms with van der Waals surface area (Å²) in [7, 11) is 0. The minimum absolute atomic E-state index is 0.153. The maximum Gasteiger partial charge on any atom is 0.273 e. The fourth-order valence-electron chi connectivity index (χ4n) is 2.41. The second kappa shape index (κ2) is 8.75. The zero-order valence-electron chi connectivity index (χ0n) is 14.9. The largest absolute Gasteiger partial charge is 0.355 e. The summed E-state index contributed by atoms with van der Waals surface area (Å²) in [5, 5.41) is 9.24. The molecule has 0 aliphatic carbocycles. The summed E-state index contributed by atoms with van der Waals surface area (Å²) >= 11 is 0. The Morgan fingerprint density at radius 2 is 1.93 bits per heavy atom. The molecule has 0 spiro atoms. The van der Waals surface area contributed by atoms with Crippen molar-refractivity contribution in [2.24, 2.45) is 0 Å². The lowest BCUT2D eigenvalue weighted by molar-refractivity contribution is -0.121. The second-order valence-electron chi connectivity index (χ2n) is 6.09. The first kappa shape index (κ1) is 18.3. The molecule has 0 aliphatic heterocycles. The van der Waals surface area contributed by atoms with E-state index in [9.17, 15) is 9.59 Å². The Labute approximate surface area is 156 Å². The second-order valence-corrected chi connectivity index (χ2v) is 6.09. The molecule has 0 saturated carbocycles. The Kier molecular flexibility index (Phi) is 5.94. The predicted octanol–water partition coefficient (Wildman–Crippen LogP) is 2.48. The van der Waals surface area contributed by atoms with Gasteiger partial charge in [-0.25, -0.2) is 0 Å². The molecule has 0 bridgehead atoms. The van der Waals surface area contributed by atoms with E-state index in [1.54, 1.807) is 18.5 Å². The van der Waals surface area contributed by atoms with Crippen molar-refractivity contribution >= 4 is 11.8 Å². The fourth-order valence-corrected chi connectivity index (χ4v) is 2.41. The van der Waals surface area contributed by atoms with Gasteiger partial charge < -0.3 is 15.2 Å². The van der Waals surface area contributed by atoms with Crippen molar-refractivity contribution in [2.75, 3.05) is 6.54 Å². The van der Waals surface area contributed by atoms with Crippen LogP contribution in [0.2, 0.25) is 0 Å². The van der Waals surface area contributed by atoms with Gasteiger partial charge in [0.25, 0.3) is 5.91 Å². The number of benzene rings is 1. The highest BCUT2D eigenvalue weighted by molar-refractivity contribution is 5.93. The molecule has 1 aromatic carbocycles. The van der Waals surface area contributed by atoms with E-state index in [-0.39, 0.29) is 30.5 Å². The standard InChI is InChI=1S/C20H20N4O3/c1-14-4-6-16(7-5-14)18-11-17(24-27-18)20(26)22-10-8-19(25)23-13-15-3-2-9-21-12-15/h2-7,9,11-12H,8,10,13H2,1H3,(H,22,26)(H,23,25). The third-order valence-electron chi connectivity index (χ3n) is 3.93. The van der Waals surface area contributed by atoms with Gasteiger partial charge in [0, 0.05) is 43.5 Å². The van der Waals surface area contributed by atoms with E-state index in [1.807, 2.05) is 43.3 Å². The topological polar surface area (TPSA) is 97.1 Å². The van der Waals surface area contributed by atoms with Gasteiger partial charge in [-0.1, -0.05) is 41.1 Å². The summed E-state index contributed by atoms with van der Waals surface area (Å²) in [6.45, 7) is 2.62. The molecule has 0 radical (unpaired) electrons. The predicted molar refractivity (Wildman–Crippen MR) is 99.7 cm³/mol. The number of carbonyl (C=O) groups is 2. The van der Waals surface area contributed by atoms with Gasteiger partial charge in [0.05, 0.1) is 0 Å². The van der Waals surface area contributed by atoms with Gasteiger partial charge in [-0.2, -0.15) is 0 Å². The van der Waals surface area contributed by atoms with Crippen molar-refractivity contribution in [3.05, 3.63) is 71.7 Å². The molecule has 3 rings (SSSR count). The Bertz CT molecular complexity index is 904. The third-order valence-corrected chi connectivity index (χ3v) is 3.93. The molecule has 0 unspecified atom stereocenters. The van der Waals surface area contributed by atoms with E-state index >= 15 is 0 Å². The number of aromatic nitrogens is 2. The minimum Gasteiger partial charge on any atom is -0.355 e. The number of hydrogen-bond donors (Lipinski definition) is 2. The Morgan fingerprint density at radius 3 is 2.67 bits per heavy atom. The summed E-state index contributed by atoms with van der Waals surface area (Å²) in [4.78, 5) is 28.0. The quantitative estimate of drug-likeness (QED) is 0.671. The monoisotopic (exact) mass is 364 g/mol. The minimum atomic E-state index is -0.378. The molecule has 7 heteroatoms. The molecule has 0 atom stereocenters. The Hall–Kier alpha value is -3.48. The van der Waals surface area contributed by atoms with Crippen LogP contribution in [0.5, 0.6) is 0 Å². The van der Waals surface area contributed by atoms with Crippen molar-refractivity contribution < 1.29 is 14.1 Å². The summed E-state index contributed by atoms with van der Waals surface area (Å²) < 4.78 is 5.23. The van der Waals surface area contributed by atoms with Crippen molar-refractivity contribution in [1.29, 1.82) is 0 Å². The average Bonchev–Trinajstić information content (AvgIpc) is 3.18. The molecule has 7 nitrogen and oxygen atoms in total. The SMILES string of the molecule is Cc1ccc(-c2cc(C(=O)NCCC(=O)NCc3cccnc3)no2)cc1. The van der Waals surface area contributed by atoms with Crippen LogP contribution in [0.1, 0.15) is 28.0 Å². The summed E-state index contributed by atoms with van der Waals surface area (Å²) in [6, 6.07) is 13.0. The molecule has 27 heavy (non-hydrogen) atoms. The average molecular weight is 364 g/mol. The molecule has 2 heterocycles. The first-order valence-electron chi connectivity index (χ1n) is 8.59. The number of rotatable bonds is 7. The fraction of sp³-hybridized carbons (Fsp3) is 0.200. The molecule has 2 N–H and O–H groups in total. The maximum absolute atomic E-state index is 12.1. The lowest BCUT2D eigenvalue weighted by atomic mass is 10.1. The Morgan fingerprint density at radius 1 is 1.11 bits per heavy atom. The number of nitrogens with zero attached hydrogens (tertiary/aromatic N) is 2. The maximum atomic E-state index is 12.1. The van der Waals surface area contributed by atoms with Crippen LogP contribution < -0.4 is 10.6 Å². The van der Waals surface area contributed by atoms with E-state index in [0.29, 0.717) is 12.3 Å². The van der Waals surface area contributed by atoms with Crippen molar-refractivity contribution in [3.63, 3.8) is 0 Å². The molecule has 0 aliphatic rings. The van der Waals surface area contributed by atoms with Crippen LogP contribution >= 0.6 is 0 Å². The third kappa shape index (κ3) is 5.24. The summed E-state index contributed by atoms with van der Waals surface area (Å²) in [5.41, 5.74) is 3.09. The van der Waals surface area contributed by atoms with Gasteiger partial charge in [-0.05, 0) is 18.6 Å².